The summed E-state index contributed by atoms with van der Waals surface area (Å²) < 4.78 is 7.36. The molecule has 2 aromatic carbocycles. The Morgan fingerprint density at radius 3 is 2.71 bits per heavy atom. The molecule has 0 unspecified atom stereocenters. The molecule has 1 aliphatic heterocycles. The van der Waals surface area contributed by atoms with Gasteiger partial charge in [0.25, 0.3) is 5.56 Å². The first-order chi connectivity index (χ1) is 15.2. The van der Waals surface area contributed by atoms with Gasteiger partial charge in [-0.1, -0.05) is 37.3 Å². The van der Waals surface area contributed by atoms with Crippen molar-refractivity contribution < 1.29 is 9.84 Å². The summed E-state index contributed by atoms with van der Waals surface area (Å²) in [6.07, 6.45) is 4.96. The minimum Gasteiger partial charge on any atom is -0.390 e. The number of nitrogens with zero attached hydrogens (tertiary/aromatic N) is 3. The molecule has 3 heterocycles. The van der Waals surface area contributed by atoms with Crippen LogP contribution < -0.4 is 5.56 Å². The van der Waals surface area contributed by atoms with E-state index in [0.717, 1.165) is 33.8 Å². The molecule has 1 aliphatic rings. The summed E-state index contributed by atoms with van der Waals surface area (Å²) in [5, 5.41) is 12.0. The van der Waals surface area contributed by atoms with Crippen molar-refractivity contribution in [1.82, 2.24) is 14.5 Å². The monoisotopic (exact) mass is 415 g/mol. The van der Waals surface area contributed by atoms with E-state index >= 15 is 0 Å². The van der Waals surface area contributed by atoms with Crippen LogP contribution in [0.5, 0.6) is 0 Å². The van der Waals surface area contributed by atoms with Gasteiger partial charge in [-0.3, -0.25) is 14.3 Å². The van der Waals surface area contributed by atoms with Gasteiger partial charge in [0.15, 0.2) is 0 Å². The summed E-state index contributed by atoms with van der Waals surface area (Å²) in [5.41, 5.74) is 3.49. The van der Waals surface area contributed by atoms with Crippen molar-refractivity contribution in [2.75, 3.05) is 13.2 Å². The van der Waals surface area contributed by atoms with Crippen molar-refractivity contribution in [3.8, 4) is 0 Å². The quantitative estimate of drug-likeness (QED) is 0.515. The first-order valence-corrected chi connectivity index (χ1v) is 10.7. The molecule has 0 amide bonds. The van der Waals surface area contributed by atoms with Crippen LogP contribution in [0.4, 0.5) is 0 Å². The summed E-state index contributed by atoms with van der Waals surface area (Å²) in [5.74, 6) is 0.266. The van der Waals surface area contributed by atoms with Crippen LogP contribution in [0.25, 0.3) is 21.7 Å². The molecule has 0 radical (unpaired) electrons. The van der Waals surface area contributed by atoms with Gasteiger partial charge in [0.2, 0.25) is 0 Å². The Kier molecular flexibility index (Phi) is 5.26. The molecule has 0 saturated carbocycles. The van der Waals surface area contributed by atoms with Crippen molar-refractivity contribution >= 4 is 21.7 Å². The van der Waals surface area contributed by atoms with E-state index in [4.69, 9.17) is 9.72 Å². The van der Waals surface area contributed by atoms with Gasteiger partial charge in [-0.15, -0.1) is 0 Å². The topological polar surface area (TPSA) is 77.2 Å². The summed E-state index contributed by atoms with van der Waals surface area (Å²) in [7, 11) is 0. The average Bonchev–Trinajstić information content (AvgIpc) is 2.81. The van der Waals surface area contributed by atoms with Crippen molar-refractivity contribution in [2.24, 2.45) is 5.92 Å². The van der Waals surface area contributed by atoms with Crippen LogP contribution in [-0.2, 0) is 17.8 Å². The molecule has 2 atom stereocenters. The number of aromatic nitrogens is 3. The molecule has 6 nitrogen and oxygen atoms in total. The number of pyridine rings is 1. The third-order valence-electron chi connectivity index (χ3n) is 6.27. The van der Waals surface area contributed by atoms with E-state index in [9.17, 15) is 9.90 Å². The zero-order valence-electron chi connectivity index (χ0n) is 17.5. The highest BCUT2D eigenvalue weighted by molar-refractivity contribution is 6.06. The smallest absolute Gasteiger partial charge is 0.261 e. The van der Waals surface area contributed by atoms with E-state index in [1.807, 2.05) is 36.4 Å². The minimum absolute atomic E-state index is 0.00417. The van der Waals surface area contributed by atoms with Gasteiger partial charge in [-0.2, -0.15) is 0 Å². The Bertz CT molecular complexity index is 1300. The van der Waals surface area contributed by atoms with Gasteiger partial charge in [-0.25, -0.2) is 4.98 Å². The number of aliphatic hydroxyl groups excluding tert-OH is 1. The average molecular weight is 415 g/mol. The number of rotatable bonds is 4. The summed E-state index contributed by atoms with van der Waals surface area (Å²) >= 11 is 0. The van der Waals surface area contributed by atoms with E-state index in [-0.39, 0.29) is 24.1 Å². The van der Waals surface area contributed by atoms with Crippen LogP contribution in [0.1, 0.15) is 36.2 Å². The first-order valence-electron chi connectivity index (χ1n) is 10.7. The van der Waals surface area contributed by atoms with E-state index in [1.54, 1.807) is 17.1 Å². The molecule has 158 valence electrons. The van der Waals surface area contributed by atoms with Gasteiger partial charge in [-0.05, 0) is 41.5 Å². The van der Waals surface area contributed by atoms with Crippen molar-refractivity contribution in [1.29, 1.82) is 0 Å². The first kappa shape index (κ1) is 19.8. The predicted molar refractivity (Wildman–Crippen MR) is 120 cm³/mol. The van der Waals surface area contributed by atoms with Crippen LogP contribution in [0.3, 0.4) is 0 Å². The molecule has 4 aromatic rings. The Balaban J connectivity index is 1.67. The molecule has 1 saturated heterocycles. The maximum Gasteiger partial charge on any atom is 0.261 e. The molecular formula is C25H25N3O3. The maximum atomic E-state index is 13.5. The molecule has 31 heavy (non-hydrogen) atoms. The Morgan fingerprint density at radius 2 is 1.97 bits per heavy atom. The molecular weight excluding hydrogens is 390 g/mol. The fourth-order valence-corrected chi connectivity index (χ4v) is 4.59. The Hall–Kier alpha value is -3.09. The zero-order chi connectivity index (χ0) is 21.4. The van der Waals surface area contributed by atoms with E-state index in [0.29, 0.717) is 30.7 Å². The second kappa shape index (κ2) is 8.21. The van der Waals surface area contributed by atoms with Gasteiger partial charge < -0.3 is 9.84 Å². The predicted octanol–water partition coefficient (Wildman–Crippen LogP) is 3.63. The van der Waals surface area contributed by atoms with Crippen LogP contribution in [0.2, 0.25) is 0 Å². The van der Waals surface area contributed by atoms with Crippen molar-refractivity contribution in [3.63, 3.8) is 0 Å². The number of benzene rings is 2. The molecule has 1 fully saturated rings. The number of hydrogen-bond acceptors (Lipinski definition) is 5. The number of fused-ring (bicyclic) bond motifs is 3. The SMILES string of the molecule is C[C@H]1COCC[C@@H]1n1cnc2c(cc(Cc3ccc(CO)nc3)c3ccccc32)c1=O. The molecule has 0 spiro atoms. The highest BCUT2D eigenvalue weighted by Crippen LogP contribution is 2.29. The van der Waals surface area contributed by atoms with E-state index < -0.39 is 0 Å². The van der Waals surface area contributed by atoms with Crippen LogP contribution in [-0.4, -0.2) is 32.9 Å². The summed E-state index contributed by atoms with van der Waals surface area (Å²) in [4.78, 5) is 22.6. The van der Waals surface area contributed by atoms with Gasteiger partial charge in [0.1, 0.15) is 0 Å². The minimum atomic E-state index is -0.0744. The Morgan fingerprint density at radius 1 is 1.13 bits per heavy atom. The van der Waals surface area contributed by atoms with Crippen molar-refractivity contribution in [2.45, 2.75) is 32.4 Å². The van der Waals surface area contributed by atoms with Crippen molar-refractivity contribution in [3.05, 3.63) is 82.2 Å². The van der Waals surface area contributed by atoms with E-state index in [2.05, 4.69) is 18.0 Å². The third-order valence-corrected chi connectivity index (χ3v) is 6.27. The molecule has 6 heteroatoms. The second-order valence-corrected chi connectivity index (χ2v) is 8.34. The van der Waals surface area contributed by atoms with Gasteiger partial charge in [0.05, 0.1) is 36.1 Å². The summed E-state index contributed by atoms with van der Waals surface area (Å²) in [6.45, 7) is 3.37. The third kappa shape index (κ3) is 3.62. The fraction of sp³-hybridized carbons (Fsp3) is 0.320. The van der Waals surface area contributed by atoms with Gasteiger partial charge >= 0.3 is 0 Å². The summed E-state index contributed by atoms with van der Waals surface area (Å²) in [6, 6.07) is 14.0. The largest absolute Gasteiger partial charge is 0.390 e. The lowest BCUT2D eigenvalue weighted by atomic mass is 9.95. The van der Waals surface area contributed by atoms with Crippen LogP contribution >= 0.6 is 0 Å². The number of aliphatic hydroxyl groups is 1. The van der Waals surface area contributed by atoms with Gasteiger partial charge in [0, 0.05) is 30.1 Å². The molecule has 5 rings (SSSR count). The highest BCUT2D eigenvalue weighted by Gasteiger charge is 2.25. The lowest BCUT2D eigenvalue weighted by molar-refractivity contribution is 0.0275. The van der Waals surface area contributed by atoms with Crippen LogP contribution in [0.15, 0.2) is 59.8 Å². The highest BCUT2D eigenvalue weighted by atomic mass is 16.5. The number of hydrogen-bond donors (Lipinski definition) is 1. The molecule has 0 bridgehead atoms. The van der Waals surface area contributed by atoms with E-state index in [1.165, 1.54) is 0 Å². The molecule has 1 N–H and O–H groups in total. The maximum absolute atomic E-state index is 13.5. The lowest BCUT2D eigenvalue weighted by Crippen LogP contribution is -2.34. The van der Waals surface area contributed by atoms with Crippen LogP contribution in [0, 0.1) is 5.92 Å². The fourth-order valence-electron chi connectivity index (χ4n) is 4.59. The zero-order valence-corrected chi connectivity index (χ0v) is 17.5. The molecule has 0 aliphatic carbocycles. The number of ether oxygens (including phenoxy) is 1. The standard InChI is InChI=1S/C25H25N3O3/c1-16-14-31-9-8-23(16)28-15-27-24-21-5-3-2-4-20(21)18(11-22(24)25(28)30)10-17-6-7-19(13-29)26-12-17/h2-7,11-12,15-16,23,29H,8-10,13-14H2,1H3/t16-,23-/m0/s1. The lowest BCUT2D eigenvalue weighted by Gasteiger charge is -2.30. The second-order valence-electron chi connectivity index (χ2n) is 8.34. The Labute approximate surface area is 180 Å². The molecule has 2 aromatic heterocycles. The normalized spacial score (nSPS) is 19.2.